The van der Waals surface area contributed by atoms with Gasteiger partial charge in [-0.15, -0.1) is 0 Å². The molecule has 0 spiro atoms. The van der Waals surface area contributed by atoms with E-state index >= 15 is 0 Å². The number of aromatic nitrogens is 1. The lowest BCUT2D eigenvalue weighted by Crippen LogP contribution is -2.45. The summed E-state index contributed by atoms with van der Waals surface area (Å²) in [7, 11) is 0. The Labute approximate surface area is 136 Å². The van der Waals surface area contributed by atoms with Crippen molar-refractivity contribution in [1.29, 1.82) is 0 Å². The molecule has 6 nitrogen and oxygen atoms in total. The molecule has 1 aromatic heterocycles. The first-order valence-electron chi connectivity index (χ1n) is 8.27. The highest BCUT2D eigenvalue weighted by Crippen LogP contribution is 2.20. The molecule has 1 saturated heterocycles. The largest absolute Gasteiger partial charge is 0.382 e. The maximum atomic E-state index is 12.4. The van der Waals surface area contributed by atoms with E-state index in [0.29, 0.717) is 13.0 Å². The lowest BCUT2D eigenvalue weighted by atomic mass is 10.1. The Hall–Kier alpha value is -1.95. The summed E-state index contributed by atoms with van der Waals surface area (Å²) in [5.74, 6) is 0.0582. The third-order valence-electron chi connectivity index (χ3n) is 4.38. The number of rotatable bonds is 5. The van der Waals surface area contributed by atoms with Crippen molar-refractivity contribution < 1.29 is 14.4 Å². The summed E-state index contributed by atoms with van der Waals surface area (Å²) >= 11 is 0. The lowest BCUT2D eigenvalue weighted by molar-refractivity contribution is -0.144. The molecule has 2 aliphatic heterocycles. The van der Waals surface area contributed by atoms with Crippen LogP contribution in [0, 0.1) is 0 Å². The minimum atomic E-state index is -0.419. The maximum absolute atomic E-state index is 12.4. The van der Waals surface area contributed by atoms with Gasteiger partial charge in [0.2, 0.25) is 6.10 Å². The molecule has 2 aliphatic rings. The Bertz CT molecular complexity index is 553. The van der Waals surface area contributed by atoms with Gasteiger partial charge < -0.3 is 14.5 Å². The molecule has 6 heteroatoms. The molecule has 1 amide bonds. The summed E-state index contributed by atoms with van der Waals surface area (Å²) in [6, 6.07) is 3.92. The van der Waals surface area contributed by atoms with E-state index in [1.807, 2.05) is 30.2 Å². The lowest BCUT2D eigenvalue weighted by Gasteiger charge is -2.32. The van der Waals surface area contributed by atoms with E-state index in [0.717, 1.165) is 43.6 Å². The number of amides is 1. The van der Waals surface area contributed by atoms with Gasteiger partial charge in [-0.2, -0.15) is 0 Å². The van der Waals surface area contributed by atoms with Crippen LogP contribution in [-0.4, -0.2) is 46.8 Å². The van der Waals surface area contributed by atoms with E-state index in [9.17, 15) is 4.79 Å². The molecule has 3 rings (SSSR count). The van der Waals surface area contributed by atoms with Crippen LogP contribution in [0.1, 0.15) is 38.2 Å². The number of oxime groups is 1. The predicted octanol–water partition coefficient (Wildman–Crippen LogP) is 2.14. The van der Waals surface area contributed by atoms with Crippen molar-refractivity contribution in [1.82, 2.24) is 9.88 Å². The summed E-state index contributed by atoms with van der Waals surface area (Å²) < 4.78 is 5.93. The average molecular weight is 317 g/mol. The zero-order chi connectivity index (χ0) is 16.1. The number of likely N-dealkylation sites (tertiary alicyclic amines) is 1. The predicted molar refractivity (Wildman–Crippen MR) is 85.8 cm³/mol. The van der Waals surface area contributed by atoms with Gasteiger partial charge in [0.25, 0.3) is 5.91 Å². The number of piperidine rings is 1. The minimum absolute atomic E-state index is 0.0582. The zero-order valence-electron chi connectivity index (χ0n) is 13.5. The van der Waals surface area contributed by atoms with Gasteiger partial charge in [-0.3, -0.25) is 9.78 Å². The maximum Gasteiger partial charge on any atom is 0.266 e. The van der Waals surface area contributed by atoms with E-state index in [1.54, 1.807) is 6.20 Å². The SMILES string of the molecule is CCC1=NO[C@H](C(=O)N2CCC(OCc3cccnc3)CC2)C1. The molecule has 0 aliphatic carbocycles. The highest BCUT2D eigenvalue weighted by molar-refractivity contribution is 5.92. The first-order chi connectivity index (χ1) is 11.3. The molecule has 0 bridgehead atoms. The van der Waals surface area contributed by atoms with Crippen LogP contribution < -0.4 is 0 Å². The van der Waals surface area contributed by atoms with Gasteiger partial charge in [0.1, 0.15) is 0 Å². The summed E-state index contributed by atoms with van der Waals surface area (Å²) in [6.45, 7) is 4.04. The molecular weight excluding hydrogens is 294 g/mol. The average Bonchev–Trinajstić information content (AvgIpc) is 3.10. The van der Waals surface area contributed by atoms with E-state index in [4.69, 9.17) is 9.57 Å². The third kappa shape index (κ3) is 4.07. The first kappa shape index (κ1) is 15.9. The fourth-order valence-electron chi connectivity index (χ4n) is 2.91. The van der Waals surface area contributed by atoms with E-state index in [-0.39, 0.29) is 12.0 Å². The molecule has 23 heavy (non-hydrogen) atoms. The Balaban J connectivity index is 1.41. The second kappa shape index (κ2) is 7.55. The molecule has 1 atom stereocenters. The highest BCUT2D eigenvalue weighted by atomic mass is 16.6. The van der Waals surface area contributed by atoms with Gasteiger partial charge in [-0.1, -0.05) is 18.1 Å². The van der Waals surface area contributed by atoms with E-state index in [2.05, 4.69) is 10.1 Å². The van der Waals surface area contributed by atoms with Crippen LogP contribution in [0.25, 0.3) is 0 Å². The molecule has 3 heterocycles. The summed E-state index contributed by atoms with van der Waals surface area (Å²) in [5.41, 5.74) is 2.05. The number of ether oxygens (including phenoxy) is 1. The van der Waals surface area contributed by atoms with Crippen molar-refractivity contribution >= 4 is 11.6 Å². The number of nitrogens with zero attached hydrogens (tertiary/aromatic N) is 3. The van der Waals surface area contributed by atoms with E-state index in [1.165, 1.54) is 0 Å². The molecule has 124 valence electrons. The zero-order valence-corrected chi connectivity index (χ0v) is 13.5. The van der Waals surface area contributed by atoms with Crippen molar-refractivity contribution in [3.05, 3.63) is 30.1 Å². The molecular formula is C17H23N3O3. The van der Waals surface area contributed by atoms with Crippen molar-refractivity contribution in [2.24, 2.45) is 5.16 Å². The second-order valence-corrected chi connectivity index (χ2v) is 6.01. The second-order valence-electron chi connectivity index (χ2n) is 6.01. The quantitative estimate of drug-likeness (QED) is 0.834. The van der Waals surface area contributed by atoms with Gasteiger partial charge in [0.15, 0.2) is 0 Å². The van der Waals surface area contributed by atoms with Crippen molar-refractivity contribution in [3.63, 3.8) is 0 Å². The highest BCUT2D eigenvalue weighted by Gasteiger charge is 2.33. The van der Waals surface area contributed by atoms with Crippen LogP contribution in [0.4, 0.5) is 0 Å². The molecule has 0 saturated carbocycles. The summed E-state index contributed by atoms with van der Waals surface area (Å²) in [5, 5.41) is 3.97. The van der Waals surface area contributed by atoms with Gasteiger partial charge in [-0.25, -0.2) is 0 Å². The molecule has 0 N–H and O–H groups in total. The molecule has 0 aromatic carbocycles. The van der Waals surface area contributed by atoms with Crippen molar-refractivity contribution in [2.75, 3.05) is 13.1 Å². The van der Waals surface area contributed by atoms with Gasteiger partial charge in [0.05, 0.1) is 18.4 Å². The monoisotopic (exact) mass is 317 g/mol. The van der Waals surface area contributed by atoms with Gasteiger partial charge in [-0.05, 0) is 30.9 Å². The number of pyridine rings is 1. The number of carbonyl (C=O) groups excluding carboxylic acids is 1. The van der Waals surface area contributed by atoms with Crippen molar-refractivity contribution in [3.8, 4) is 0 Å². The third-order valence-corrected chi connectivity index (χ3v) is 4.38. The smallest absolute Gasteiger partial charge is 0.266 e. The Kier molecular flexibility index (Phi) is 5.23. The minimum Gasteiger partial charge on any atom is -0.382 e. The van der Waals surface area contributed by atoms with Crippen LogP contribution in [0.3, 0.4) is 0 Å². The van der Waals surface area contributed by atoms with E-state index < -0.39 is 6.10 Å². The Morgan fingerprint density at radius 3 is 2.91 bits per heavy atom. The Morgan fingerprint density at radius 1 is 1.43 bits per heavy atom. The first-order valence-corrected chi connectivity index (χ1v) is 8.27. The molecule has 1 fully saturated rings. The van der Waals surface area contributed by atoms with Crippen LogP contribution in [0.5, 0.6) is 0 Å². The van der Waals surface area contributed by atoms with Gasteiger partial charge in [0, 0.05) is 31.9 Å². The van der Waals surface area contributed by atoms with Gasteiger partial charge >= 0.3 is 0 Å². The topological polar surface area (TPSA) is 64.0 Å². The standard InChI is InChI=1S/C17H23N3O3/c1-2-14-10-16(23-19-14)17(21)20-8-5-15(6-9-20)22-12-13-4-3-7-18-11-13/h3-4,7,11,15-16H,2,5-6,8-10,12H2,1H3/t16-/m0/s1. The number of hydrogen-bond donors (Lipinski definition) is 0. The van der Waals surface area contributed by atoms with Crippen molar-refractivity contribution in [2.45, 2.75) is 51.4 Å². The Morgan fingerprint density at radius 2 is 2.26 bits per heavy atom. The van der Waals surface area contributed by atoms with Crippen LogP contribution in [0.15, 0.2) is 29.7 Å². The van der Waals surface area contributed by atoms with Crippen LogP contribution in [0.2, 0.25) is 0 Å². The summed E-state index contributed by atoms with van der Waals surface area (Å²) in [6.07, 6.45) is 6.55. The van der Waals surface area contributed by atoms with Crippen LogP contribution in [-0.2, 0) is 21.0 Å². The fourth-order valence-corrected chi connectivity index (χ4v) is 2.91. The normalized spacial score (nSPS) is 21.9. The van der Waals surface area contributed by atoms with Crippen LogP contribution >= 0.6 is 0 Å². The number of carbonyl (C=O) groups is 1. The fraction of sp³-hybridized carbons (Fsp3) is 0.588. The molecule has 0 radical (unpaired) electrons. The summed E-state index contributed by atoms with van der Waals surface area (Å²) in [4.78, 5) is 23.6. The number of hydrogen-bond acceptors (Lipinski definition) is 5. The molecule has 0 unspecified atom stereocenters. The molecule has 1 aromatic rings.